The maximum absolute atomic E-state index is 6.54. The zero-order valence-corrected chi connectivity index (χ0v) is 16.4. The van der Waals surface area contributed by atoms with E-state index >= 15 is 0 Å². The maximum Gasteiger partial charge on any atom is 0.0668 e. The average molecular weight is 345 g/mol. The van der Waals surface area contributed by atoms with Gasteiger partial charge in [0.1, 0.15) is 0 Å². The Morgan fingerprint density at radius 3 is 2.35 bits per heavy atom. The van der Waals surface area contributed by atoms with E-state index in [1.807, 2.05) is 58.0 Å². The van der Waals surface area contributed by atoms with Gasteiger partial charge < -0.3 is 5.73 Å². The Balaban J connectivity index is 2.80. The molecule has 0 spiro atoms. The van der Waals surface area contributed by atoms with Crippen molar-refractivity contribution in [1.29, 1.82) is 0 Å². The quantitative estimate of drug-likeness (QED) is 0.646. The first-order valence-electron chi connectivity index (χ1n) is 8.86. The van der Waals surface area contributed by atoms with E-state index in [1.54, 1.807) is 0 Å². The highest BCUT2D eigenvalue weighted by atomic mass is 14.7. The highest BCUT2D eigenvalue weighted by Crippen LogP contribution is 2.33. The predicted molar refractivity (Wildman–Crippen MR) is 114 cm³/mol. The number of benzene rings is 1. The van der Waals surface area contributed by atoms with Crippen molar-refractivity contribution in [3.05, 3.63) is 89.3 Å². The first-order valence-corrected chi connectivity index (χ1v) is 8.86. The summed E-state index contributed by atoms with van der Waals surface area (Å²) >= 11 is 0. The molecule has 1 heterocycles. The fourth-order valence-corrected chi connectivity index (χ4v) is 2.80. The summed E-state index contributed by atoms with van der Waals surface area (Å²) in [5.41, 5.74) is 15.5. The molecule has 0 amide bonds. The molecule has 0 atom stereocenters. The van der Waals surface area contributed by atoms with Crippen LogP contribution in [0.4, 0.5) is 0 Å². The van der Waals surface area contributed by atoms with Crippen LogP contribution in [0.15, 0.2) is 72.4 Å². The van der Waals surface area contributed by atoms with Crippen LogP contribution in [0.25, 0.3) is 22.4 Å². The van der Waals surface area contributed by atoms with Crippen molar-refractivity contribution in [2.24, 2.45) is 5.73 Å². The molecule has 0 radical (unpaired) electrons. The van der Waals surface area contributed by atoms with E-state index in [2.05, 4.69) is 37.8 Å². The van der Waals surface area contributed by atoms with E-state index in [4.69, 9.17) is 10.7 Å². The van der Waals surface area contributed by atoms with Gasteiger partial charge >= 0.3 is 0 Å². The van der Waals surface area contributed by atoms with Crippen molar-refractivity contribution in [1.82, 2.24) is 4.98 Å². The molecule has 0 unspecified atom stereocenters. The second-order valence-electron chi connectivity index (χ2n) is 6.58. The van der Waals surface area contributed by atoms with Crippen LogP contribution in [0, 0.1) is 6.92 Å². The van der Waals surface area contributed by atoms with E-state index < -0.39 is 0 Å². The van der Waals surface area contributed by atoms with Gasteiger partial charge in [-0.25, -0.2) is 0 Å². The number of aromatic nitrogens is 1. The second-order valence-corrected chi connectivity index (χ2v) is 6.58. The zero-order valence-electron chi connectivity index (χ0n) is 16.4. The van der Waals surface area contributed by atoms with Gasteiger partial charge in [-0.05, 0) is 63.0 Å². The molecule has 0 aliphatic carbocycles. The van der Waals surface area contributed by atoms with Crippen LogP contribution >= 0.6 is 0 Å². The lowest BCUT2D eigenvalue weighted by atomic mass is 9.92. The molecule has 1 aromatic heterocycles. The molecule has 134 valence electrons. The van der Waals surface area contributed by atoms with Crippen LogP contribution in [-0.2, 0) is 0 Å². The molecule has 0 saturated carbocycles. The minimum atomic E-state index is 0.739. The molecular weight excluding hydrogens is 316 g/mol. The van der Waals surface area contributed by atoms with E-state index in [-0.39, 0.29) is 0 Å². The molecule has 1 aromatic carbocycles. The lowest BCUT2D eigenvalue weighted by Crippen LogP contribution is -2.07. The van der Waals surface area contributed by atoms with Gasteiger partial charge in [-0.2, -0.15) is 0 Å². The molecule has 2 aromatic rings. The van der Waals surface area contributed by atoms with E-state index in [9.17, 15) is 0 Å². The van der Waals surface area contributed by atoms with Crippen LogP contribution in [0.3, 0.4) is 0 Å². The third-order valence-corrected chi connectivity index (χ3v) is 4.54. The lowest BCUT2D eigenvalue weighted by molar-refractivity contribution is 1.14. The molecule has 0 saturated heterocycles. The van der Waals surface area contributed by atoms with Gasteiger partial charge in [0.2, 0.25) is 0 Å². The van der Waals surface area contributed by atoms with Gasteiger partial charge in [-0.1, -0.05) is 60.7 Å². The molecular formula is C24H28N2. The van der Waals surface area contributed by atoms with Crippen molar-refractivity contribution in [2.45, 2.75) is 34.6 Å². The fourth-order valence-electron chi connectivity index (χ4n) is 2.80. The normalized spacial score (nSPS) is 13.0. The molecule has 2 nitrogen and oxygen atoms in total. The summed E-state index contributed by atoms with van der Waals surface area (Å²) in [6, 6.07) is 12.5. The minimum absolute atomic E-state index is 0.739. The molecule has 2 heteroatoms. The highest BCUT2D eigenvalue weighted by molar-refractivity contribution is 5.85. The van der Waals surface area contributed by atoms with Crippen LogP contribution in [-0.4, -0.2) is 4.98 Å². The number of rotatable bonds is 5. The van der Waals surface area contributed by atoms with Crippen LogP contribution in [0.2, 0.25) is 0 Å². The Hall–Kier alpha value is -2.87. The van der Waals surface area contributed by atoms with Gasteiger partial charge in [0.25, 0.3) is 0 Å². The van der Waals surface area contributed by atoms with Gasteiger partial charge in [0.05, 0.1) is 5.69 Å². The molecule has 26 heavy (non-hydrogen) atoms. The van der Waals surface area contributed by atoms with Gasteiger partial charge in [-0.3, -0.25) is 4.98 Å². The number of nitrogens with two attached hydrogens (primary N) is 1. The molecule has 0 bridgehead atoms. The van der Waals surface area contributed by atoms with E-state index in [0.29, 0.717) is 0 Å². The summed E-state index contributed by atoms with van der Waals surface area (Å²) < 4.78 is 0. The van der Waals surface area contributed by atoms with Crippen LogP contribution < -0.4 is 5.73 Å². The first kappa shape index (κ1) is 19.5. The summed E-state index contributed by atoms with van der Waals surface area (Å²) in [7, 11) is 0. The third-order valence-electron chi connectivity index (χ3n) is 4.54. The smallest absolute Gasteiger partial charge is 0.0668 e. The zero-order chi connectivity index (χ0) is 19.3. The van der Waals surface area contributed by atoms with Crippen molar-refractivity contribution in [2.75, 3.05) is 0 Å². The predicted octanol–water partition coefficient (Wildman–Crippen LogP) is 6.30. The molecule has 0 aliphatic heterocycles. The Morgan fingerprint density at radius 1 is 1.12 bits per heavy atom. The topological polar surface area (TPSA) is 38.9 Å². The second kappa shape index (κ2) is 8.48. The number of aryl methyl sites for hydroxylation is 1. The summed E-state index contributed by atoms with van der Waals surface area (Å²) in [4.78, 5) is 4.83. The van der Waals surface area contributed by atoms with Gasteiger partial charge in [-0.15, -0.1) is 0 Å². The number of hydrogen-bond donors (Lipinski definition) is 1. The molecule has 0 aliphatic rings. The standard InChI is InChI=1S/C24H28N2/c1-7-8-12-17(4)22-15-21(20-13-10-9-11-14-20)23(19(6)26-22)24(25)18(5)16(2)3/h7-15H,2,25H2,1,3-6H3/b8-7-,17-12+,24-18-. The first-order chi connectivity index (χ1) is 12.4. The highest BCUT2D eigenvalue weighted by Gasteiger charge is 2.16. The molecule has 0 fully saturated rings. The Kier molecular flexibility index (Phi) is 6.35. The Bertz CT molecular complexity index is 897. The Labute approximate surface area is 157 Å². The minimum Gasteiger partial charge on any atom is -0.398 e. The number of hydrogen-bond acceptors (Lipinski definition) is 2. The summed E-state index contributed by atoms with van der Waals surface area (Å²) in [5, 5.41) is 0. The Morgan fingerprint density at radius 2 is 1.77 bits per heavy atom. The van der Waals surface area contributed by atoms with Gasteiger partial charge in [0, 0.05) is 17.0 Å². The number of pyridine rings is 1. The monoisotopic (exact) mass is 344 g/mol. The summed E-state index contributed by atoms with van der Waals surface area (Å²) in [6.45, 7) is 14.1. The lowest BCUT2D eigenvalue weighted by Gasteiger charge is -2.17. The van der Waals surface area contributed by atoms with Crippen LogP contribution in [0.1, 0.15) is 44.6 Å². The van der Waals surface area contributed by atoms with Crippen molar-refractivity contribution < 1.29 is 0 Å². The number of allylic oxidation sites excluding steroid dienone is 6. The fraction of sp³-hybridized carbons (Fsp3) is 0.208. The third kappa shape index (κ3) is 4.20. The average Bonchev–Trinajstić information content (AvgIpc) is 2.64. The molecule has 2 N–H and O–H groups in total. The maximum atomic E-state index is 6.54. The van der Waals surface area contributed by atoms with Crippen LogP contribution in [0.5, 0.6) is 0 Å². The largest absolute Gasteiger partial charge is 0.398 e. The van der Waals surface area contributed by atoms with E-state index in [1.165, 1.54) is 0 Å². The van der Waals surface area contributed by atoms with Crippen molar-refractivity contribution in [3.8, 4) is 11.1 Å². The van der Waals surface area contributed by atoms with E-state index in [0.717, 1.165) is 50.5 Å². The molecule has 2 rings (SSSR count). The summed E-state index contributed by atoms with van der Waals surface area (Å²) in [5.74, 6) is 0. The van der Waals surface area contributed by atoms with Gasteiger partial charge in [0.15, 0.2) is 0 Å². The number of nitrogens with zero attached hydrogens (tertiary/aromatic N) is 1. The SMILES string of the molecule is C=C(C)/C(C)=C(\N)c1c(-c2ccccc2)cc(/C(C)=C/C=C\C)nc1C. The van der Waals surface area contributed by atoms with Crippen molar-refractivity contribution >= 4 is 11.3 Å². The summed E-state index contributed by atoms with van der Waals surface area (Å²) in [6.07, 6.45) is 6.12. The van der Waals surface area contributed by atoms with Crippen molar-refractivity contribution in [3.63, 3.8) is 0 Å².